The van der Waals surface area contributed by atoms with E-state index in [4.69, 9.17) is 4.74 Å². The van der Waals surface area contributed by atoms with E-state index in [1.54, 1.807) is 0 Å². The number of rotatable bonds is 2. The summed E-state index contributed by atoms with van der Waals surface area (Å²) in [6.07, 6.45) is 0.368. The van der Waals surface area contributed by atoms with Crippen molar-refractivity contribution >= 4 is 27.4 Å². The average Bonchev–Trinajstić information content (AvgIpc) is 2.85. The molecule has 0 bridgehead atoms. The summed E-state index contributed by atoms with van der Waals surface area (Å²) in [6, 6.07) is 3.81. The predicted octanol–water partition coefficient (Wildman–Crippen LogP) is 0.508. The van der Waals surface area contributed by atoms with Gasteiger partial charge in [-0.25, -0.2) is 0 Å². The Bertz CT molecular complexity index is 546. The van der Waals surface area contributed by atoms with Crippen molar-refractivity contribution in [1.29, 1.82) is 0 Å². The first-order chi connectivity index (χ1) is 8.76. The van der Waals surface area contributed by atoms with Crippen LogP contribution in [0.3, 0.4) is 0 Å². The van der Waals surface area contributed by atoms with Crippen molar-refractivity contribution in [2.75, 3.05) is 23.3 Å². The Morgan fingerprint density at radius 3 is 3.17 bits per heavy atom. The number of morpholine rings is 1. The van der Waals surface area contributed by atoms with Gasteiger partial charge in [-0.15, -0.1) is 14.8 Å². The summed E-state index contributed by atoms with van der Waals surface area (Å²) in [6.45, 7) is 3.71. The minimum atomic E-state index is 0.181. The van der Waals surface area contributed by atoms with Gasteiger partial charge in [-0.2, -0.15) is 0 Å². The molecule has 0 amide bonds. The molecule has 2 aromatic heterocycles. The summed E-state index contributed by atoms with van der Waals surface area (Å²) in [5.41, 5.74) is 0.650. The molecule has 18 heavy (non-hydrogen) atoms. The molecule has 7 nitrogen and oxygen atoms in total. The Morgan fingerprint density at radius 2 is 2.33 bits per heavy atom. The average molecular weight is 313 g/mol. The zero-order valence-corrected chi connectivity index (χ0v) is 11.5. The molecule has 0 radical (unpaired) electrons. The summed E-state index contributed by atoms with van der Waals surface area (Å²) in [7, 11) is 0. The second-order valence-corrected chi connectivity index (χ2v) is 4.99. The Hall–Kier alpha value is -1.28. The van der Waals surface area contributed by atoms with E-state index in [0.29, 0.717) is 5.65 Å². The Balaban J connectivity index is 1.88. The molecule has 2 unspecified atom stereocenters. The summed E-state index contributed by atoms with van der Waals surface area (Å²) in [4.78, 5) is 2.20. The van der Waals surface area contributed by atoms with Crippen LogP contribution in [0.2, 0.25) is 0 Å². The van der Waals surface area contributed by atoms with Crippen LogP contribution in [-0.4, -0.2) is 55.9 Å². The van der Waals surface area contributed by atoms with Crippen molar-refractivity contribution in [3.63, 3.8) is 0 Å². The third kappa shape index (κ3) is 2.17. The largest absolute Gasteiger partial charge is 0.371 e. The molecule has 2 aromatic rings. The van der Waals surface area contributed by atoms with Crippen LogP contribution < -0.4 is 4.90 Å². The highest BCUT2D eigenvalue weighted by Gasteiger charge is 2.25. The molecule has 2 atom stereocenters. The molecule has 0 aliphatic carbocycles. The van der Waals surface area contributed by atoms with E-state index in [-0.39, 0.29) is 12.2 Å². The summed E-state index contributed by atoms with van der Waals surface area (Å²) in [5.74, 6) is 0.871. The number of anilines is 1. The van der Waals surface area contributed by atoms with Gasteiger partial charge in [0.2, 0.25) is 0 Å². The van der Waals surface area contributed by atoms with Gasteiger partial charge in [0.1, 0.15) is 0 Å². The first-order valence-corrected chi connectivity index (χ1v) is 6.90. The van der Waals surface area contributed by atoms with E-state index < -0.39 is 0 Å². The highest BCUT2D eigenvalue weighted by atomic mass is 79.9. The molecule has 1 aliphatic heterocycles. The second kappa shape index (κ2) is 4.77. The molecule has 1 saturated heterocycles. The molecular formula is C10H13BrN6O. The fraction of sp³-hybridized carbons (Fsp3) is 0.600. The van der Waals surface area contributed by atoms with Crippen molar-refractivity contribution < 1.29 is 4.74 Å². The molecular weight excluding hydrogens is 300 g/mol. The lowest BCUT2D eigenvalue weighted by atomic mass is 10.2. The number of hydrogen-bond donors (Lipinski definition) is 0. The molecule has 0 spiro atoms. The van der Waals surface area contributed by atoms with Crippen molar-refractivity contribution in [3.05, 3.63) is 12.1 Å². The van der Waals surface area contributed by atoms with Gasteiger partial charge in [0.25, 0.3) is 0 Å². The lowest BCUT2D eigenvalue weighted by Crippen LogP contribution is -2.47. The Labute approximate surface area is 112 Å². The molecule has 1 fully saturated rings. The van der Waals surface area contributed by atoms with Crippen molar-refractivity contribution in [1.82, 2.24) is 25.3 Å². The molecule has 3 heterocycles. The maximum Gasteiger partial charge on any atom is 0.200 e. The normalized spacial score (nSPS) is 24.7. The number of tetrazole rings is 1. The van der Waals surface area contributed by atoms with Crippen LogP contribution in [0.1, 0.15) is 6.92 Å². The number of ether oxygens (including phenoxy) is 1. The van der Waals surface area contributed by atoms with Gasteiger partial charge in [0, 0.05) is 18.4 Å². The smallest absolute Gasteiger partial charge is 0.200 e. The van der Waals surface area contributed by atoms with Crippen molar-refractivity contribution in [2.45, 2.75) is 19.1 Å². The summed E-state index contributed by atoms with van der Waals surface area (Å²) in [5, 5.41) is 16.5. The fourth-order valence-corrected chi connectivity index (χ4v) is 2.48. The number of nitrogens with zero attached hydrogens (tertiary/aromatic N) is 6. The Kier molecular flexibility index (Phi) is 3.13. The zero-order valence-electron chi connectivity index (χ0n) is 9.90. The van der Waals surface area contributed by atoms with Crippen molar-refractivity contribution in [2.24, 2.45) is 0 Å². The molecule has 8 heteroatoms. The second-order valence-electron chi connectivity index (χ2n) is 4.35. The van der Waals surface area contributed by atoms with Crippen molar-refractivity contribution in [3.8, 4) is 0 Å². The van der Waals surface area contributed by atoms with Crippen LogP contribution in [0.5, 0.6) is 0 Å². The predicted molar refractivity (Wildman–Crippen MR) is 68.9 cm³/mol. The minimum absolute atomic E-state index is 0.181. The van der Waals surface area contributed by atoms with Gasteiger partial charge >= 0.3 is 0 Å². The Morgan fingerprint density at radius 1 is 1.44 bits per heavy atom. The molecule has 0 N–H and O–H groups in total. The van der Waals surface area contributed by atoms with Gasteiger partial charge in [0.05, 0.1) is 12.2 Å². The molecule has 1 aliphatic rings. The fourth-order valence-electron chi connectivity index (χ4n) is 2.13. The van der Waals surface area contributed by atoms with Gasteiger partial charge in [-0.1, -0.05) is 15.9 Å². The van der Waals surface area contributed by atoms with Gasteiger partial charge < -0.3 is 9.64 Å². The maximum atomic E-state index is 5.80. The first kappa shape index (κ1) is 11.8. The third-order valence-electron chi connectivity index (χ3n) is 2.88. The first-order valence-electron chi connectivity index (χ1n) is 5.78. The quantitative estimate of drug-likeness (QED) is 0.753. The van der Waals surface area contributed by atoms with E-state index in [0.717, 1.165) is 24.2 Å². The molecule has 0 aromatic carbocycles. The zero-order chi connectivity index (χ0) is 12.5. The van der Waals surface area contributed by atoms with Crippen LogP contribution in [0, 0.1) is 0 Å². The number of hydrogen-bond acceptors (Lipinski definition) is 6. The number of fused-ring (bicyclic) bond motifs is 1. The van der Waals surface area contributed by atoms with E-state index in [9.17, 15) is 0 Å². The number of alkyl halides is 1. The topological polar surface area (TPSA) is 68.4 Å². The monoisotopic (exact) mass is 312 g/mol. The molecule has 96 valence electrons. The SMILES string of the molecule is CC1CN(c2ccc3nnnn3n2)CC(CBr)O1. The summed E-state index contributed by atoms with van der Waals surface area (Å²) >= 11 is 3.46. The van der Waals surface area contributed by atoms with Gasteiger partial charge in [-0.05, 0) is 29.5 Å². The number of halogens is 1. The van der Waals surface area contributed by atoms with Gasteiger partial charge in [0.15, 0.2) is 11.5 Å². The van der Waals surface area contributed by atoms with Crippen LogP contribution in [-0.2, 0) is 4.74 Å². The highest BCUT2D eigenvalue weighted by Crippen LogP contribution is 2.19. The van der Waals surface area contributed by atoms with Crippen LogP contribution in [0.4, 0.5) is 5.82 Å². The standard InChI is InChI=1S/C10H13BrN6O/c1-7-5-16(6-8(4-11)18-7)10-3-2-9-12-14-15-17(9)13-10/h2-3,7-8H,4-6H2,1H3. The third-order valence-corrected chi connectivity index (χ3v) is 3.60. The van der Waals surface area contributed by atoms with Gasteiger partial charge in [-0.3, -0.25) is 0 Å². The number of aromatic nitrogens is 5. The van der Waals surface area contributed by atoms with E-state index in [2.05, 4.69) is 48.4 Å². The minimum Gasteiger partial charge on any atom is -0.371 e. The molecule has 0 saturated carbocycles. The molecule has 3 rings (SSSR count). The van der Waals surface area contributed by atoms with E-state index >= 15 is 0 Å². The summed E-state index contributed by atoms with van der Waals surface area (Å²) < 4.78 is 7.24. The van der Waals surface area contributed by atoms with Crippen LogP contribution in [0.25, 0.3) is 5.65 Å². The lowest BCUT2D eigenvalue weighted by molar-refractivity contribution is -0.00230. The highest BCUT2D eigenvalue weighted by molar-refractivity contribution is 9.09. The lowest BCUT2D eigenvalue weighted by Gasteiger charge is -2.36. The van der Waals surface area contributed by atoms with E-state index in [1.165, 1.54) is 4.63 Å². The van der Waals surface area contributed by atoms with Crippen LogP contribution in [0.15, 0.2) is 12.1 Å². The maximum absolute atomic E-state index is 5.80. The van der Waals surface area contributed by atoms with Crippen LogP contribution >= 0.6 is 15.9 Å². The van der Waals surface area contributed by atoms with E-state index in [1.807, 2.05) is 12.1 Å².